The van der Waals surface area contributed by atoms with Crippen molar-refractivity contribution in [1.82, 2.24) is 4.90 Å². The highest BCUT2D eigenvalue weighted by atomic mass is 19.4. The van der Waals surface area contributed by atoms with Crippen LogP contribution in [0.4, 0.5) is 13.2 Å². The Morgan fingerprint density at radius 1 is 1.50 bits per heavy atom. The summed E-state index contributed by atoms with van der Waals surface area (Å²) in [7, 11) is 0. The van der Waals surface area contributed by atoms with Crippen molar-refractivity contribution in [3.05, 3.63) is 0 Å². The number of halogens is 3. The Kier molecular flexibility index (Phi) is 2.30. The van der Waals surface area contributed by atoms with Gasteiger partial charge in [-0.2, -0.15) is 13.2 Å². The average Bonchev–Trinajstić information content (AvgIpc) is 2.30. The summed E-state index contributed by atoms with van der Waals surface area (Å²) >= 11 is 0. The van der Waals surface area contributed by atoms with Crippen LogP contribution < -0.4 is 0 Å². The van der Waals surface area contributed by atoms with Gasteiger partial charge in [0, 0.05) is 13.1 Å². The Hall–Kier alpha value is -0.740. The molecule has 1 aliphatic heterocycles. The molecule has 1 N–H and O–H groups in total. The Balaban J connectivity index is 2.51. The van der Waals surface area contributed by atoms with Gasteiger partial charge in [0.25, 0.3) is 0 Å². The molecule has 0 aromatic heterocycles. The fourth-order valence-electron chi connectivity index (χ4n) is 1.33. The molecule has 0 saturated carbocycles. The van der Waals surface area contributed by atoms with Crippen LogP contribution in [0.5, 0.6) is 0 Å². The number of alkyl halides is 3. The van der Waals surface area contributed by atoms with E-state index in [1.807, 2.05) is 0 Å². The predicted octanol–water partition coefficient (Wildman–Crippen LogP) is 1.87. The lowest BCUT2D eigenvalue weighted by atomic mass is 10.1. The maximum atomic E-state index is 12.1. The minimum atomic E-state index is -4.09. The van der Waals surface area contributed by atoms with E-state index in [1.54, 1.807) is 0 Å². The van der Waals surface area contributed by atoms with Crippen molar-refractivity contribution in [3.63, 3.8) is 0 Å². The van der Waals surface area contributed by atoms with E-state index in [1.165, 1.54) is 11.8 Å². The van der Waals surface area contributed by atoms with Crippen molar-refractivity contribution >= 4 is 5.84 Å². The topological polar surface area (TPSA) is 27.1 Å². The second-order valence-corrected chi connectivity index (χ2v) is 3.06. The molecule has 1 fully saturated rings. The van der Waals surface area contributed by atoms with Gasteiger partial charge < -0.3 is 4.90 Å². The van der Waals surface area contributed by atoms with Crippen LogP contribution in [0.15, 0.2) is 0 Å². The summed E-state index contributed by atoms with van der Waals surface area (Å²) in [6.07, 6.45) is -3.97. The highest BCUT2D eigenvalue weighted by molar-refractivity contribution is 5.76. The van der Waals surface area contributed by atoms with Crippen LogP contribution in [0.25, 0.3) is 0 Å². The van der Waals surface area contributed by atoms with Crippen molar-refractivity contribution in [1.29, 1.82) is 5.41 Å². The predicted molar refractivity (Wildman–Crippen MR) is 39.1 cm³/mol. The van der Waals surface area contributed by atoms with Crippen LogP contribution in [0.1, 0.15) is 13.3 Å². The molecule has 0 radical (unpaired) electrons. The molecule has 2 nitrogen and oxygen atoms in total. The third kappa shape index (κ3) is 1.89. The summed E-state index contributed by atoms with van der Waals surface area (Å²) < 4.78 is 36.3. The van der Waals surface area contributed by atoms with Gasteiger partial charge in [0.2, 0.25) is 0 Å². The normalized spacial score (nSPS) is 24.7. The zero-order valence-electron chi connectivity index (χ0n) is 6.78. The molecule has 0 aliphatic carbocycles. The number of hydrogen-bond acceptors (Lipinski definition) is 1. The van der Waals surface area contributed by atoms with Crippen LogP contribution in [-0.2, 0) is 0 Å². The van der Waals surface area contributed by atoms with Crippen LogP contribution >= 0.6 is 0 Å². The third-order valence-corrected chi connectivity index (χ3v) is 2.13. The first-order valence-electron chi connectivity index (χ1n) is 3.78. The maximum absolute atomic E-state index is 12.1. The van der Waals surface area contributed by atoms with Crippen molar-refractivity contribution in [2.24, 2.45) is 5.92 Å². The van der Waals surface area contributed by atoms with Crippen molar-refractivity contribution in [3.8, 4) is 0 Å². The first-order valence-corrected chi connectivity index (χ1v) is 3.78. The van der Waals surface area contributed by atoms with Gasteiger partial charge in [0.1, 0.15) is 0 Å². The molecule has 0 aromatic rings. The molecule has 0 spiro atoms. The zero-order valence-corrected chi connectivity index (χ0v) is 6.78. The van der Waals surface area contributed by atoms with Crippen molar-refractivity contribution in [2.75, 3.05) is 13.1 Å². The quantitative estimate of drug-likeness (QED) is 0.447. The highest BCUT2D eigenvalue weighted by Gasteiger charge is 2.43. The highest BCUT2D eigenvalue weighted by Crippen LogP contribution is 2.33. The van der Waals surface area contributed by atoms with Crippen LogP contribution in [-0.4, -0.2) is 30.0 Å². The van der Waals surface area contributed by atoms with E-state index in [0.29, 0.717) is 6.54 Å². The number of rotatable bonds is 0. The van der Waals surface area contributed by atoms with E-state index in [0.717, 1.165) is 0 Å². The second-order valence-electron chi connectivity index (χ2n) is 3.06. The Morgan fingerprint density at radius 3 is 2.33 bits per heavy atom. The van der Waals surface area contributed by atoms with Gasteiger partial charge in [0.05, 0.1) is 11.8 Å². The molecule has 0 bridgehead atoms. The van der Waals surface area contributed by atoms with Gasteiger partial charge in [-0.1, -0.05) is 0 Å². The lowest BCUT2D eigenvalue weighted by Gasteiger charge is -2.17. The largest absolute Gasteiger partial charge is 0.393 e. The van der Waals surface area contributed by atoms with E-state index < -0.39 is 12.1 Å². The summed E-state index contributed by atoms with van der Waals surface area (Å²) in [6.45, 7) is 1.83. The van der Waals surface area contributed by atoms with Crippen molar-refractivity contribution in [2.45, 2.75) is 19.5 Å². The molecule has 5 heteroatoms. The Morgan fingerprint density at radius 2 is 2.08 bits per heavy atom. The number of nitrogens with zero attached hydrogens (tertiary/aromatic N) is 1. The minimum Gasteiger partial charge on any atom is -0.360 e. The standard InChI is InChI=1S/C7H11F3N2/c1-5(11)12-3-2-6(4-12)7(8,9)10/h6,11H,2-4H2,1H3. The van der Waals surface area contributed by atoms with E-state index in [2.05, 4.69) is 0 Å². The lowest BCUT2D eigenvalue weighted by Crippen LogP contribution is -2.29. The average molecular weight is 180 g/mol. The van der Waals surface area contributed by atoms with Gasteiger partial charge >= 0.3 is 6.18 Å². The molecular weight excluding hydrogens is 169 g/mol. The van der Waals surface area contributed by atoms with Gasteiger partial charge in [-0.15, -0.1) is 0 Å². The molecule has 1 unspecified atom stereocenters. The number of hydrogen-bond donors (Lipinski definition) is 1. The summed E-state index contributed by atoms with van der Waals surface area (Å²) in [5, 5.41) is 7.14. The van der Waals surface area contributed by atoms with E-state index >= 15 is 0 Å². The zero-order chi connectivity index (χ0) is 9.35. The fourth-order valence-corrected chi connectivity index (χ4v) is 1.33. The van der Waals surface area contributed by atoms with Crippen molar-refractivity contribution < 1.29 is 13.2 Å². The number of amidine groups is 1. The van der Waals surface area contributed by atoms with E-state index in [-0.39, 0.29) is 18.8 Å². The van der Waals surface area contributed by atoms with Gasteiger partial charge in [-0.25, -0.2) is 0 Å². The molecule has 0 aromatic carbocycles. The molecular formula is C7H11F3N2. The molecule has 1 atom stereocenters. The van der Waals surface area contributed by atoms with Gasteiger partial charge in [-0.3, -0.25) is 5.41 Å². The molecule has 1 saturated heterocycles. The van der Waals surface area contributed by atoms with Crippen LogP contribution in [0.2, 0.25) is 0 Å². The molecule has 0 amide bonds. The SMILES string of the molecule is CC(=N)N1CCC(C(F)(F)F)C1. The molecule has 1 rings (SSSR count). The maximum Gasteiger partial charge on any atom is 0.393 e. The number of likely N-dealkylation sites (tertiary alicyclic amines) is 1. The van der Waals surface area contributed by atoms with Crippen LogP contribution in [0.3, 0.4) is 0 Å². The lowest BCUT2D eigenvalue weighted by molar-refractivity contribution is -0.169. The summed E-state index contributed by atoms with van der Waals surface area (Å²) in [5.41, 5.74) is 0. The molecule has 1 heterocycles. The molecule has 70 valence electrons. The molecule has 12 heavy (non-hydrogen) atoms. The third-order valence-electron chi connectivity index (χ3n) is 2.13. The number of nitrogens with one attached hydrogen (secondary N) is 1. The second kappa shape index (κ2) is 2.95. The minimum absolute atomic E-state index is 0.0428. The Labute approximate surface area is 68.9 Å². The van der Waals surface area contributed by atoms with E-state index in [9.17, 15) is 13.2 Å². The summed E-state index contributed by atoms with van der Waals surface area (Å²) in [4.78, 5) is 1.46. The first-order chi connectivity index (χ1) is 5.41. The summed E-state index contributed by atoms with van der Waals surface area (Å²) in [5.74, 6) is -1.01. The van der Waals surface area contributed by atoms with Gasteiger partial charge in [-0.05, 0) is 13.3 Å². The van der Waals surface area contributed by atoms with Crippen LogP contribution in [0, 0.1) is 11.3 Å². The molecule has 1 aliphatic rings. The summed E-state index contributed by atoms with van der Waals surface area (Å²) in [6, 6.07) is 0. The monoisotopic (exact) mass is 180 g/mol. The smallest absolute Gasteiger partial charge is 0.360 e. The Bertz CT molecular complexity index is 188. The van der Waals surface area contributed by atoms with Gasteiger partial charge in [0.15, 0.2) is 0 Å². The first kappa shape index (κ1) is 9.35. The van der Waals surface area contributed by atoms with E-state index in [4.69, 9.17) is 5.41 Å². The fraction of sp³-hybridized carbons (Fsp3) is 0.857.